The first-order chi connectivity index (χ1) is 26.6. The predicted octanol–water partition coefficient (Wildman–Crippen LogP) is 7.55. The number of halogens is 1. The molecule has 4 aliphatic heterocycles. The summed E-state index contributed by atoms with van der Waals surface area (Å²) in [6.07, 6.45) is 14.2. The average molecular weight is 798 g/mol. The van der Waals surface area contributed by atoms with Crippen LogP contribution in [0.15, 0.2) is 48.6 Å². The van der Waals surface area contributed by atoms with Crippen LogP contribution in [0, 0.1) is 17.8 Å². The van der Waals surface area contributed by atoms with Gasteiger partial charge < -0.3 is 24.4 Å². The lowest BCUT2D eigenvalue weighted by Crippen LogP contribution is -2.53. The van der Waals surface area contributed by atoms with Gasteiger partial charge in [-0.15, -0.1) is 0 Å². The summed E-state index contributed by atoms with van der Waals surface area (Å²) in [6, 6.07) is 12.7. The molecule has 11 heteroatoms. The van der Waals surface area contributed by atoms with E-state index in [4.69, 9.17) is 25.8 Å². The fraction of sp³-hybridized carbons (Fsp3) is 0.659. The first kappa shape index (κ1) is 42.1. The Morgan fingerprint density at radius 1 is 1.07 bits per heavy atom. The minimum Gasteiger partial charge on any atom is -0.491 e. The van der Waals surface area contributed by atoms with E-state index in [-0.39, 0.29) is 23.0 Å². The first-order valence-electron chi connectivity index (χ1n) is 20.8. The van der Waals surface area contributed by atoms with Gasteiger partial charge in [0.25, 0.3) is 5.91 Å². The second-order valence-corrected chi connectivity index (χ2v) is 18.4. The molecule has 9 nitrogen and oxygen atoms in total. The molecule has 1 amide bonds. The molecular weight excluding hydrogens is 732 g/mol. The third kappa shape index (κ3) is 10.3. The maximum Gasteiger partial charge on any atom is 0.263 e. The highest BCUT2D eigenvalue weighted by atomic mass is 35.5. The van der Waals surface area contributed by atoms with Crippen LogP contribution in [-0.2, 0) is 26.9 Å². The molecule has 0 aromatic heterocycles. The van der Waals surface area contributed by atoms with Crippen molar-refractivity contribution >= 4 is 34.2 Å². The standard InChI is InChI=1S/C36H49ClN2O5S.C8H16N2/c1-6-8-25-19-29(37)12-13-30(25)28-22-39-21-27-10-14-31(27)36(3,43-5)17-7-9-24(2)34(16-18-42-4)45(41)38-35(40)26-11-15-33(44-23-28)32(39)20-26;1-2-5-10-6-4-9-7-8(10)3-1/h7,11-13,15,17,19-20,24,27-28,31,34H,6,8-10,14,16,18,21-23H2,1-5H3,(H,38,40);8-9H,1-7H2/b17-7+;/t24?,27?,28?,31?,34?,36-,45?;/m0./s1. The number of rotatable bonds is 7. The first-order valence-corrected chi connectivity index (χ1v) is 22.4. The number of anilines is 1. The minimum atomic E-state index is -1.59. The number of hydrogen-bond acceptors (Lipinski definition) is 8. The molecular formula is C44H65ClN4O5S. The van der Waals surface area contributed by atoms with Crippen molar-refractivity contribution in [1.82, 2.24) is 14.9 Å². The van der Waals surface area contributed by atoms with E-state index >= 15 is 0 Å². The van der Waals surface area contributed by atoms with Crippen LogP contribution in [-0.4, -0.2) is 98.6 Å². The quantitative estimate of drug-likeness (QED) is 0.278. The zero-order chi connectivity index (χ0) is 39.0. The molecule has 55 heavy (non-hydrogen) atoms. The number of piperidine rings is 1. The number of fused-ring (bicyclic) bond motifs is 3. The fourth-order valence-corrected chi connectivity index (χ4v) is 10.9. The van der Waals surface area contributed by atoms with E-state index in [9.17, 15) is 9.00 Å². The number of hydrogen-bond donors (Lipinski definition) is 2. The number of amides is 1. The number of piperazine rings is 1. The number of ether oxygens (including phenoxy) is 3. The number of allylic oxidation sites excluding steroid dienone is 1. The molecule has 0 radical (unpaired) electrons. The molecule has 8 atom stereocenters. The number of carbonyl (C=O) groups is 1. The molecule has 7 unspecified atom stereocenters. The van der Waals surface area contributed by atoms with Crippen LogP contribution in [0.25, 0.3) is 0 Å². The van der Waals surface area contributed by atoms with Gasteiger partial charge >= 0.3 is 0 Å². The molecule has 2 bridgehead atoms. The van der Waals surface area contributed by atoms with Gasteiger partial charge in [-0.05, 0) is 118 Å². The molecule has 2 aromatic rings. The molecule has 2 aromatic carbocycles. The van der Waals surface area contributed by atoms with Crippen molar-refractivity contribution in [3.05, 3.63) is 70.3 Å². The molecule has 5 aliphatic rings. The number of benzene rings is 2. The van der Waals surface area contributed by atoms with Gasteiger partial charge in [-0.1, -0.05) is 56.5 Å². The fourth-order valence-electron chi connectivity index (χ4n) is 9.43. The summed E-state index contributed by atoms with van der Waals surface area (Å²) < 4.78 is 34.5. The summed E-state index contributed by atoms with van der Waals surface area (Å²) >= 11 is 6.43. The number of carbonyl (C=O) groups excluding carboxylic acids is 1. The van der Waals surface area contributed by atoms with Crippen LogP contribution in [0.2, 0.25) is 5.02 Å². The molecule has 4 heterocycles. The molecule has 0 spiro atoms. The zero-order valence-corrected chi connectivity index (χ0v) is 35.4. The van der Waals surface area contributed by atoms with E-state index in [2.05, 4.69) is 64.9 Å². The van der Waals surface area contributed by atoms with Gasteiger partial charge in [0.1, 0.15) is 16.7 Å². The van der Waals surface area contributed by atoms with Crippen molar-refractivity contribution in [2.45, 2.75) is 101 Å². The minimum absolute atomic E-state index is 0.0714. The summed E-state index contributed by atoms with van der Waals surface area (Å²) in [5, 5.41) is 3.94. The van der Waals surface area contributed by atoms with Crippen LogP contribution in [0.3, 0.4) is 0 Å². The van der Waals surface area contributed by atoms with Crippen LogP contribution < -0.4 is 19.7 Å². The van der Waals surface area contributed by atoms with E-state index in [0.717, 1.165) is 67.7 Å². The summed E-state index contributed by atoms with van der Waals surface area (Å²) in [7, 11) is 1.86. The topological polar surface area (TPSA) is 92.4 Å². The lowest BCUT2D eigenvalue weighted by molar-refractivity contribution is -0.0620. The summed E-state index contributed by atoms with van der Waals surface area (Å²) in [6.45, 7) is 14.1. The van der Waals surface area contributed by atoms with Crippen molar-refractivity contribution in [3.8, 4) is 5.75 Å². The Balaban J connectivity index is 0.000000441. The molecule has 304 valence electrons. The Morgan fingerprint density at radius 2 is 1.93 bits per heavy atom. The SMILES string of the molecule is C1CCN2CCNCC2C1.CCCc1cc(Cl)ccc1C1COc2ccc3cc2N(C1)CC1CCC1[C@@](C)(OC)/C=C/CC(C)C(CCOC)S(=O)NC3=O. The lowest BCUT2D eigenvalue weighted by Gasteiger charge is -2.48. The monoisotopic (exact) mass is 796 g/mol. The molecule has 2 saturated heterocycles. The number of nitrogens with zero attached hydrogens (tertiary/aromatic N) is 2. The predicted molar refractivity (Wildman–Crippen MR) is 225 cm³/mol. The van der Waals surface area contributed by atoms with E-state index in [1.165, 1.54) is 56.6 Å². The Morgan fingerprint density at radius 3 is 2.67 bits per heavy atom. The van der Waals surface area contributed by atoms with Crippen molar-refractivity contribution in [3.63, 3.8) is 0 Å². The molecule has 1 saturated carbocycles. The summed E-state index contributed by atoms with van der Waals surface area (Å²) in [4.78, 5) is 18.6. The second kappa shape index (κ2) is 19.8. The van der Waals surface area contributed by atoms with E-state index in [1.807, 2.05) is 18.2 Å². The third-order valence-electron chi connectivity index (χ3n) is 12.9. The van der Waals surface area contributed by atoms with Crippen LogP contribution >= 0.6 is 11.6 Å². The molecule has 7 rings (SSSR count). The lowest BCUT2D eigenvalue weighted by atomic mass is 9.64. The highest BCUT2D eigenvalue weighted by Crippen LogP contribution is 2.47. The zero-order valence-electron chi connectivity index (χ0n) is 33.8. The molecule has 3 fully saturated rings. The van der Waals surface area contributed by atoms with Gasteiger partial charge in [0.2, 0.25) is 0 Å². The van der Waals surface area contributed by atoms with Gasteiger partial charge in [-0.2, -0.15) is 0 Å². The van der Waals surface area contributed by atoms with Gasteiger partial charge in [0.05, 0.1) is 23.1 Å². The van der Waals surface area contributed by atoms with Crippen molar-refractivity contribution in [2.75, 3.05) is 71.6 Å². The van der Waals surface area contributed by atoms with Gasteiger partial charge in [0, 0.05) is 76.1 Å². The highest BCUT2D eigenvalue weighted by molar-refractivity contribution is 7.84. The Bertz CT molecular complexity index is 1620. The van der Waals surface area contributed by atoms with Gasteiger partial charge in [-0.3, -0.25) is 14.4 Å². The van der Waals surface area contributed by atoms with Crippen LogP contribution in [0.4, 0.5) is 5.69 Å². The average Bonchev–Trinajstić information content (AvgIpc) is 3.35. The normalized spacial score (nSPS) is 31.9. The summed E-state index contributed by atoms with van der Waals surface area (Å²) in [5.41, 5.74) is 3.49. The second-order valence-electron chi connectivity index (χ2n) is 16.6. The van der Waals surface area contributed by atoms with Crippen molar-refractivity contribution in [1.29, 1.82) is 0 Å². The highest BCUT2D eigenvalue weighted by Gasteiger charge is 2.45. The van der Waals surface area contributed by atoms with Gasteiger partial charge in [0.15, 0.2) is 0 Å². The van der Waals surface area contributed by atoms with Crippen molar-refractivity contribution in [2.24, 2.45) is 17.8 Å². The molecule has 1 aliphatic carbocycles. The Kier molecular flexibility index (Phi) is 15.2. The molecule has 2 N–H and O–H groups in total. The Labute approximate surface area is 337 Å². The summed E-state index contributed by atoms with van der Waals surface area (Å²) in [5.74, 6) is 1.38. The van der Waals surface area contributed by atoms with Gasteiger partial charge in [-0.25, -0.2) is 4.21 Å². The number of nitrogens with one attached hydrogen (secondary N) is 2. The van der Waals surface area contributed by atoms with E-state index in [1.54, 1.807) is 20.3 Å². The maximum atomic E-state index is 13.6. The number of methoxy groups -OCH3 is 2. The Hall–Kier alpha value is -2.47. The van der Waals surface area contributed by atoms with Crippen molar-refractivity contribution < 1.29 is 23.2 Å². The maximum absolute atomic E-state index is 13.6. The van der Waals surface area contributed by atoms with Crippen LogP contribution in [0.5, 0.6) is 5.75 Å². The largest absolute Gasteiger partial charge is 0.491 e. The van der Waals surface area contributed by atoms with Crippen LogP contribution in [0.1, 0.15) is 99.5 Å². The van der Waals surface area contributed by atoms with E-state index < -0.39 is 16.6 Å². The third-order valence-corrected chi connectivity index (χ3v) is 14.8. The number of aryl methyl sites for hydroxylation is 1. The van der Waals surface area contributed by atoms with E-state index in [0.29, 0.717) is 37.0 Å². The smallest absolute Gasteiger partial charge is 0.263 e.